The fourth-order valence-corrected chi connectivity index (χ4v) is 2.62. The molecule has 18 heavy (non-hydrogen) atoms. The lowest BCUT2D eigenvalue weighted by molar-refractivity contribution is 0.242. The molecule has 0 spiro atoms. The summed E-state index contributed by atoms with van der Waals surface area (Å²) in [5.41, 5.74) is 0. The number of halogens is 1. The minimum absolute atomic E-state index is 0.146. The van der Waals surface area contributed by atoms with Gasteiger partial charge in [0.15, 0.2) is 11.6 Å². The molecule has 0 radical (unpaired) electrons. The molecule has 1 fully saturated rings. The molecule has 4 heteroatoms. The SMILES string of the molecule is CC(C)Oc1cccnc1NC1CCCCC1Cl. The molecule has 2 atom stereocenters. The van der Waals surface area contributed by atoms with E-state index < -0.39 is 0 Å². The number of aromatic nitrogens is 1. The van der Waals surface area contributed by atoms with Gasteiger partial charge in [0.05, 0.1) is 11.5 Å². The molecule has 3 nitrogen and oxygen atoms in total. The summed E-state index contributed by atoms with van der Waals surface area (Å²) in [5.74, 6) is 1.62. The quantitative estimate of drug-likeness (QED) is 0.843. The maximum absolute atomic E-state index is 6.36. The van der Waals surface area contributed by atoms with Gasteiger partial charge in [-0.2, -0.15) is 0 Å². The monoisotopic (exact) mass is 268 g/mol. The molecule has 1 aliphatic carbocycles. The Morgan fingerprint density at radius 3 is 2.89 bits per heavy atom. The summed E-state index contributed by atoms with van der Waals surface area (Å²) in [4.78, 5) is 4.37. The predicted molar refractivity (Wildman–Crippen MR) is 75.5 cm³/mol. The first kappa shape index (κ1) is 13.5. The Morgan fingerprint density at radius 2 is 2.17 bits per heavy atom. The Bertz CT molecular complexity index is 384. The highest BCUT2D eigenvalue weighted by atomic mass is 35.5. The number of anilines is 1. The fraction of sp³-hybridized carbons (Fsp3) is 0.643. The van der Waals surface area contributed by atoms with Crippen LogP contribution in [0.15, 0.2) is 18.3 Å². The van der Waals surface area contributed by atoms with Crippen LogP contribution in [-0.4, -0.2) is 22.5 Å². The van der Waals surface area contributed by atoms with Gasteiger partial charge in [0.2, 0.25) is 0 Å². The third kappa shape index (κ3) is 3.52. The molecule has 1 N–H and O–H groups in total. The summed E-state index contributed by atoms with van der Waals surface area (Å²) in [7, 11) is 0. The largest absolute Gasteiger partial charge is 0.487 e. The van der Waals surface area contributed by atoms with Crippen molar-refractivity contribution in [3.8, 4) is 5.75 Å². The van der Waals surface area contributed by atoms with Gasteiger partial charge in [0, 0.05) is 12.2 Å². The van der Waals surface area contributed by atoms with Crippen LogP contribution in [0.4, 0.5) is 5.82 Å². The zero-order chi connectivity index (χ0) is 13.0. The average molecular weight is 269 g/mol. The second-order valence-corrected chi connectivity index (χ2v) is 5.63. The standard InChI is InChI=1S/C14H21ClN2O/c1-10(2)18-13-8-5-9-16-14(13)17-12-7-4-3-6-11(12)15/h5,8-12H,3-4,6-7H2,1-2H3,(H,16,17). The molecule has 0 amide bonds. The number of ether oxygens (including phenoxy) is 1. The Kier molecular flexibility index (Phi) is 4.70. The van der Waals surface area contributed by atoms with Crippen LogP contribution in [0, 0.1) is 0 Å². The van der Waals surface area contributed by atoms with Crippen LogP contribution in [-0.2, 0) is 0 Å². The molecule has 0 saturated heterocycles. The molecule has 100 valence electrons. The third-order valence-corrected chi connectivity index (χ3v) is 3.66. The van der Waals surface area contributed by atoms with E-state index in [9.17, 15) is 0 Å². The van der Waals surface area contributed by atoms with Crippen LogP contribution >= 0.6 is 11.6 Å². The molecule has 1 saturated carbocycles. The summed E-state index contributed by atoms with van der Waals surface area (Å²) in [5, 5.41) is 3.62. The lowest BCUT2D eigenvalue weighted by atomic mass is 9.95. The highest BCUT2D eigenvalue weighted by Gasteiger charge is 2.24. The maximum Gasteiger partial charge on any atom is 0.169 e. The predicted octanol–water partition coefficient (Wildman–Crippen LogP) is 3.83. The molecule has 1 aromatic rings. The van der Waals surface area contributed by atoms with Crippen molar-refractivity contribution in [2.45, 2.75) is 57.1 Å². The van der Waals surface area contributed by atoms with Crippen LogP contribution < -0.4 is 10.1 Å². The molecule has 1 aliphatic rings. The van der Waals surface area contributed by atoms with Crippen molar-refractivity contribution >= 4 is 17.4 Å². The van der Waals surface area contributed by atoms with E-state index in [0.29, 0.717) is 6.04 Å². The van der Waals surface area contributed by atoms with Crippen molar-refractivity contribution in [2.24, 2.45) is 0 Å². The summed E-state index contributed by atoms with van der Waals surface area (Å²) < 4.78 is 5.75. The third-order valence-electron chi connectivity index (χ3n) is 3.14. The van der Waals surface area contributed by atoms with E-state index in [4.69, 9.17) is 16.3 Å². The molecule has 1 aromatic heterocycles. The van der Waals surface area contributed by atoms with Gasteiger partial charge in [0.25, 0.3) is 0 Å². The Labute approximate surface area is 114 Å². The topological polar surface area (TPSA) is 34.1 Å². The van der Waals surface area contributed by atoms with E-state index in [1.54, 1.807) is 6.20 Å². The lowest BCUT2D eigenvalue weighted by Crippen LogP contribution is -2.33. The van der Waals surface area contributed by atoms with Crippen molar-refractivity contribution in [2.75, 3.05) is 5.32 Å². The van der Waals surface area contributed by atoms with E-state index in [-0.39, 0.29) is 11.5 Å². The summed E-state index contributed by atoms with van der Waals surface area (Å²) in [6.45, 7) is 4.03. The highest BCUT2D eigenvalue weighted by molar-refractivity contribution is 6.21. The molecule has 1 heterocycles. The number of hydrogen-bond acceptors (Lipinski definition) is 3. The van der Waals surface area contributed by atoms with E-state index in [1.165, 1.54) is 12.8 Å². The normalized spacial score (nSPS) is 24.0. The van der Waals surface area contributed by atoms with Crippen molar-refractivity contribution in [1.82, 2.24) is 4.98 Å². The number of nitrogens with one attached hydrogen (secondary N) is 1. The minimum atomic E-state index is 0.146. The van der Waals surface area contributed by atoms with Crippen LogP contribution in [0.2, 0.25) is 0 Å². The second kappa shape index (κ2) is 6.28. The molecule has 0 aliphatic heterocycles. The van der Waals surface area contributed by atoms with Gasteiger partial charge < -0.3 is 10.1 Å². The smallest absolute Gasteiger partial charge is 0.169 e. The average Bonchev–Trinajstić information content (AvgIpc) is 2.34. The van der Waals surface area contributed by atoms with Crippen molar-refractivity contribution in [3.05, 3.63) is 18.3 Å². The van der Waals surface area contributed by atoms with Crippen molar-refractivity contribution in [3.63, 3.8) is 0 Å². The van der Waals surface area contributed by atoms with Crippen molar-refractivity contribution < 1.29 is 4.74 Å². The zero-order valence-corrected chi connectivity index (χ0v) is 11.8. The molecule has 2 rings (SSSR count). The number of alkyl halides is 1. The molecule has 0 aromatic carbocycles. The molecule has 0 bridgehead atoms. The summed E-state index contributed by atoms with van der Waals surface area (Å²) >= 11 is 6.36. The van der Waals surface area contributed by atoms with Crippen LogP contribution in [0.1, 0.15) is 39.5 Å². The fourth-order valence-electron chi connectivity index (χ4n) is 2.27. The first-order valence-electron chi connectivity index (χ1n) is 6.69. The van der Waals surface area contributed by atoms with Crippen LogP contribution in [0.3, 0.4) is 0 Å². The van der Waals surface area contributed by atoms with Gasteiger partial charge in [-0.1, -0.05) is 12.8 Å². The number of pyridine rings is 1. The van der Waals surface area contributed by atoms with Crippen molar-refractivity contribution in [1.29, 1.82) is 0 Å². The molecule has 2 unspecified atom stereocenters. The van der Waals surface area contributed by atoms with Crippen LogP contribution in [0.25, 0.3) is 0 Å². The first-order valence-corrected chi connectivity index (χ1v) is 7.12. The van der Waals surface area contributed by atoms with E-state index in [2.05, 4.69) is 10.3 Å². The van der Waals surface area contributed by atoms with Gasteiger partial charge in [-0.05, 0) is 38.8 Å². The van der Waals surface area contributed by atoms with Gasteiger partial charge >= 0.3 is 0 Å². The van der Waals surface area contributed by atoms with E-state index in [1.807, 2.05) is 26.0 Å². The minimum Gasteiger partial charge on any atom is -0.487 e. The highest BCUT2D eigenvalue weighted by Crippen LogP contribution is 2.29. The number of hydrogen-bond donors (Lipinski definition) is 1. The number of rotatable bonds is 4. The Hall–Kier alpha value is -0.960. The van der Waals surface area contributed by atoms with Gasteiger partial charge in [-0.3, -0.25) is 0 Å². The van der Waals surface area contributed by atoms with Gasteiger partial charge in [0.1, 0.15) is 0 Å². The van der Waals surface area contributed by atoms with E-state index >= 15 is 0 Å². The molecular weight excluding hydrogens is 248 g/mol. The van der Waals surface area contributed by atoms with E-state index in [0.717, 1.165) is 24.4 Å². The first-order chi connectivity index (χ1) is 8.66. The number of nitrogens with zero attached hydrogens (tertiary/aromatic N) is 1. The maximum atomic E-state index is 6.36. The van der Waals surface area contributed by atoms with Crippen LogP contribution in [0.5, 0.6) is 5.75 Å². The van der Waals surface area contributed by atoms with Gasteiger partial charge in [-0.15, -0.1) is 11.6 Å². The van der Waals surface area contributed by atoms with Gasteiger partial charge in [-0.25, -0.2) is 4.98 Å². The lowest BCUT2D eigenvalue weighted by Gasteiger charge is -2.29. The Balaban J connectivity index is 2.07. The second-order valence-electron chi connectivity index (χ2n) is 5.07. The Morgan fingerprint density at radius 1 is 1.39 bits per heavy atom. The molecular formula is C14H21ClN2O. The summed E-state index contributed by atoms with van der Waals surface area (Å²) in [6.07, 6.45) is 6.56. The zero-order valence-electron chi connectivity index (χ0n) is 11.0. The summed E-state index contributed by atoms with van der Waals surface area (Å²) in [6, 6.07) is 4.13.